The van der Waals surface area contributed by atoms with E-state index in [1.54, 1.807) is 0 Å². The van der Waals surface area contributed by atoms with Gasteiger partial charge in [-0.1, -0.05) is 11.6 Å². The van der Waals surface area contributed by atoms with Crippen molar-refractivity contribution in [2.75, 3.05) is 0 Å². The number of benzene rings is 1. The zero-order chi connectivity index (χ0) is 16.8. The SMILES string of the molecule is Cc1cnc(COc2ccc(Cl)cc2)c2c1c(C)c(C)n2C1CC1.Cl. The van der Waals surface area contributed by atoms with E-state index in [0.29, 0.717) is 17.7 Å². The van der Waals surface area contributed by atoms with Crippen LogP contribution >= 0.6 is 24.0 Å². The normalized spacial score (nSPS) is 13.8. The molecule has 3 aromatic rings. The molecule has 0 atom stereocenters. The largest absolute Gasteiger partial charge is 0.487 e. The molecule has 5 heteroatoms. The van der Waals surface area contributed by atoms with Crippen molar-refractivity contribution in [3.05, 3.63) is 58.0 Å². The van der Waals surface area contributed by atoms with Gasteiger partial charge in [0.2, 0.25) is 0 Å². The minimum Gasteiger partial charge on any atom is -0.487 e. The summed E-state index contributed by atoms with van der Waals surface area (Å²) in [7, 11) is 0. The van der Waals surface area contributed by atoms with Crippen LogP contribution in [0.3, 0.4) is 0 Å². The highest BCUT2D eigenvalue weighted by Crippen LogP contribution is 2.42. The second-order valence-electron chi connectivity index (χ2n) is 6.67. The van der Waals surface area contributed by atoms with Crippen molar-refractivity contribution in [3.63, 3.8) is 0 Å². The summed E-state index contributed by atoms with van der Waals surface area (Å²) in [5.41, 5.74) is 6.22. The van der Waals surface area contributed by atoms with E-state index in [0.717, 1.165) is 11.4 Å². The average Bonchev–Trinajstić information content (AvgIpc) is 3.36. The fourth-order valence-electron chi connectivity index (χ4n) is 3.47. The van der Waals surface area contributed by atoms with Crippen molar-refractivity contribution in [1.82, 2.24) is 9.55 Å². The number of hydrogen-bond donors (Lipinski definition) is 0. The monoisotopic (exact) mass is 376 g/mol. The van der Waals surface area contributed by atoms with E-state index < -0.39 is 0 Å². The number of halogens is 2. The van der Waals surface area contributed by atoms with Crippen LogP contribution in [-0.4, -0.2) is 9.55 Å². The first-order valence-corrected chi connectivity index (χ1v) is 8.78. The predicted octanol–water partition coefficient (Wildman–Crippen LogP) is 5.95. The van der Waals surface area contributed by atoms with Crippen LogP contribution in [0, 0.1) is 20.8 Å². The molecule has 1 aliphatic carbocycles. The summed E-state index contributed by atoms with van der Waals surface area (Å²) in [4.78, 5) is 4.69. The second-order valence-corrected chi connectivity index (χ2v) is 7.10. The van der Waals surface area contributed by atoms with Gasteiger partial charge in [-0.05, 0) is 69.0 Å². The van der Waals surface area contributed by atoms with Gasteiger partial charge in [-0.25, -0.2) is 0 Å². The number of fused-ring (bicyclic) bond motifs is 1. The molecule has 4 rings (SSSR count). The summed E-state index contributed by atoms with van der Waals surface area (Å²) < 4.78 is 8.44. The molecular weight excluding hydrogens is 355 g/mol. The number of aromatic nitrogens is 2. The van der Waals surface area contributed by atoms with Gasteiger partial charge in [0.15, 0.2) is 0 Å². The fourth-order valence-corrected chi connectivity index (χ4v) is 3.60. The molecule has 0 saturated heterocycles. The van der Waals surface area contributed by atoms with E-state index in [-0.39, 0.29) is 12.4 Å². The molecule has 1 saturated carbocycles. The van der Waals surface area contributed by atoms with Gasteiger partial charge in [-0.2, -0.15) is 0 Å². The number of aryl methyl sites for hydroxylation is 2. The van der Waals surface area contributed by atoms with Crippen molar-refractivity contribution in [2.45, 2.75) is 46.3 Å². The van der Waals surface area contributed by atoms with E-state index in [1.165, 1.54) is 40.6 Å². The van der Waals surface area contributed by atoms with Crippen molar-refractivity contribution in [3.8, 4) is 5.75 Å². The molecule has 132 valence electrons. The van der Waals surface area contributed by atoms with E-state index in [1.807, 2.05) is 30.5 Å². The number of rotatable bonds is 4. The van der Waals surface area contributed by atoms with E-state index in [9.17, 15) is 0 Å². The van der Waals surface area contributed by atoms with Gasteiger partial charge < -0.3 is 9.30 Å². The van der Waals surface area contributed by atoms with E-state index in [4.69, 9.17) is 21.3 Å². The molecule has 2 heterocycles. The summed E-state index contributed by atoms with van der Waals surface area (Å²) in [5.74, 6) is 0.813. The van der Waals surface area contributed by atoms with Gasteiger partial charge in [0.05, 0.1) is 5.52 Å². The molecule has 0 amide bonds. The number of ether oxygens (including phenoxy) is 1. The third kappa shape index (κ3) is 3.23. The Kier molecular flexibility index (Phi) is 4.99. The lowest BCUT2D eigenvalue weighted by Crippen LogP contribution is -2.04. The van der Waals surface area contributed by atoms with Gasteiger partial charge in [0.25, 0.3) is 0 Å². The first-order chi connectivity index (χ1) is 11.6. The van der Waals surface area contributed by atoms with Crippen molar-refractivity contribution < 1.29 is 4.74 Å². The Balaban J connectivity index is 0.00000182. The predicted molar refractivity (Wildman–Crippen MR) is 105 cm³/mol. The van der Waals surface area contributed by atoms with E-state index in [2.05, 4.69) is 25.3 Å². The molecule has 0 radical (unpaired) electrons. The quantitative estimate of drug-likeness (QED) is 0.562. The smallest absolute Gasteiger partial charge is 0.132 e. The van der Waals surface area contributed by atoms with Crippen LogP contribution in [0.2, 0.25) is 5.02 Å². The van der Waals surface area contributed by atoms with Crippen molar-refractivity contribution >= 4 is 34.9 Å². The molecule has 3 nitrogen and oxygen atoms in total. The molecule has 0 N–H and O–H groups in total. The lowest BCUT2D eigenvalue weighted by molar-refractivity contribution is 0.302. The van der Waals surface area contributed by atoms with Gasteiger partial charge >= 0.3 is 0 Å². The Bertz CT molecular complexity index is 912. The van der Waals surface area contributed by atoms with Crippen LogP contribution in [0.25, 0.3) is 10.9 Å². The highest BCUT2D eigenvalue weighted by molar-refractivity contribution is 6.30. The van der Waals surface area contributed by atoms with Crippen molar-refractivity contribution in [1.29, 1.82) is 0 Å². The zero-order valence-electron chi connectivity index (χ0n) is 14.7. The molecule has 0 unspecified atom stereocenters. The highest BCUT2D eigenvalue weighted by Gasteiger charge is 2.29. The highest BCUT2D eigenvalue weighted by atomic mass is 35.5. The Morgan fingerprint density at radius 1 is 1.16 bits per heavy atom. The number of hydrogen-bond acceptors (Lipinski definition) is 2. The molecule has 0 bridgehead atoms. The van der Waals surface area contributed by atoms with Crippen LogP contribution in [0.15, 0.2) is 30.5 Å². The fraction of sp³-hybridized carbons (Fsp3) is 0.350. The summed E-state index contributed by atoms with van der Waals surface area (Å²) >= 11 is 5.94. The Labute approximate surface area is 159 Å². The first kappa shape index (κ1) is 18.1. The third-order valence-electron chi connectivity index (χ3n) is 4.94. The van der Waals surface area contributed by atoms with Gasteiger partial charge in [-0.3, -0.25) is 4.98 Å². The van der Waals surface area contributed by atoms with Crippen LogP contribution in [0.5, 0.6) is 5.75 Å². The summed E-state index contributed by atoms with van der Waals surface area (Å²) in [5, 5.41) is 2.05. The minimum atomic E-state index is 0. The van der Waals surface area contributed by atoms with Crippen LogP contribution in [0.1, 0.15) is 41.4 Å². The number of nitrogens with zero attached hydrogens (tertiary/aromatic N) is 2. The van der Waals surface area contributed by atoms with Gasteiger partial charge in [0.1, 0.15) is 18.1 Å². The Hall–Kier alpha value is -1.71. The van der Waals surface area contributed by atoms with Gasteiger partial charge in [-0.15, -0.1) is 12.4 Å². The lowest BCUT2D eigenvalue weighted by Gasteiger charge is -2.12. The van der Waals surface area contributed by atoms with E-state index >= 15 is 0 Å². The molecule has 25 heavy (non-hydrogen) atoms. The summed E-state index contributed by atoms with van der Waals surface area (Å²) in [6.07, 6.45) is 4.48. The van der Waals surface area contributed by atoms with Crippen molar-refractivity contribution in [2.24, 2.45) is 0 Å². The number of pyridine rings is 1. The maximum Gasteiger partial charge on any atom is 0.132 e. The lowest BCUT2D eigenvalue weighted by atomic mass is 10.1. The topological polar surface area (TPSA) is 27.1 Å². The molecule has 2 aromatic heterocycles. The standard InChI is InChI=1S/C20H21ClN2O.ClH/c1-12-10-22-18(11-24-17-8-4-15(21)5-9-17)20-19(12)13(2)14(3)23(20)16-6-7-16;/h4-5,8-10,16H,6-7,11H2,1-3H3;1H. The molecule has 1 fully saturated rings. The molecule has 0 spiro atoms. The maximum atomic E-state index is 5.96. The molecule has 0 aliphatic heterocycles. The Morgan fingerprint density at radius 2 is 1.84 bits per heavy atom. The summed E-state index contributed by atoms with van der Waals surface area (Å²) in [6, 6.07) is 8.10. The zero-order valence-corrected chi connectivity index (χ0v) is 16.2. The Morgan fingerprint density at radius 3 is 2.48 bits per heavy atom. The second kappa shape index (κ2) is 6.89. The van der Waals surface area contributed by atoms with Crippen LogP contribution in [-0.2, 0) is 6.61 Å². The van der Waals surface area contributed by atoms with Gasteiger partial charge in [0, 0.05) is 28.3 Å². The third-order valence-corrected chi connectivity index (χ3v) is 5.19. The molecule has 1 aromatic carbocycles. The summed E-state index contributed by atoms with van der Waals surface area (Å²) in [6.45, 7) is 7.04. The van der Waals surface area contributed by atoms with Crippen LogP contribution < -0.4 is 4.74 Å². The first-order valence-electron chi connectivity index (χ1n) is 8.40. The maximum absolute atomic E-state index is 5.96. The molecular formula is C20H22Cl2N2O. The van der Waals surface area contributed by atoms with Crippen LogP contribution in [0.4, 0.5) is 0 Å². The minimum absolute atomic E-state index is 0. The average molecular weight is 377 g/mol. The molecule has 1 aliphatic rings.